The molecule has 2 aromatic rings. The Morgan fingerprint density at radius 3 is 3.12 bits per heavy atom. The fourth-order valence-corrected chi connectivity index (χ4v) is 2.23. The average molecular weight is 244 g/mol. The third kappa shape index (κ3) is 3.02. The number of thiazole rings is 1. The van der Waals surface area contributed by atoms with E-state index in [1.54, 1.807) is 17.5 Å². The van der Waals surface area contributed by atoms with Gasteiger partial charge in [0.05, 0.1) is 10.7 Å². The monoisotopic (exact) mass is 244 g/mol. The number of aryl methyl sites for hydroxylation is 1. The van der Waals surface area contributed by atoms with Crippen molar-refractivity contribution in [1.82, 2.24) is 9.97 Å². The zero-order chi connectivity index (χ0) is 12.1. The molecule has 1 N–H and O–H groups in total. The first-order chi connectivity index (χ1) is 8.29. The fourth-order valence-electron chi connectivity index (χ4n) is 1.46. The number of nitrogens with zero attached hydrogens (tertiary/aromatic N) is 3. The summed E-state index contributed by atoms with van der Waals surface area (Å²) < 4.78 is 0. The van der Waals surface area contributed by atoms with Crippen LogP contribution in [0.4, 0.5) is 5.69 Å². The summed E-state index contributed by atoms with van der Waals surface area (Å²) in [5, 5.41) is 15.2. The molecule has 0 amide bonds. The van der Waals surface area contributed by atoms with Crippen molar-refractivity contribution >= 4 is 17.0 Å². The largest absolute Gasteiger partial charge is 0.382 e. The van der Waals surface area contributed by atoms with Crippen LogP contribution in [0.25, 0.3) is 0 Å². The lowest BCUT2D eigenvalue weighted by Gasteiger charge is -2.05. The lowest BCUT2D eigenvalue weighted by Crippen LogP contribution is -2.06. The Hall–Kier alpha value is -1.93. The molecule has 2 rings (SSSR count). The van der Waals surface area contributed by atoms with E-state index in [0.29, 0.717) is 5.69 Å². The van der Waals surface area contributed by atoms with Gasteiger partial charge in [-0.05, 0) is 19.1 Å². The van der Waals surface area contributed by atoms with Crippen molar-refractivity contribution in [2.75, 3.05) is 11.9 Å². The number of hydrogen-bond donors (Lipinski definition) is 1. The van der Waals surface area contributed by atoms with E-state index < -0.39 is 0 Å². The maximum absolute atomic E-state index is 8.88. The summed E-state index contributed by atoms with van der Waals surface area (Å²) >= 11 is 1.66. The lowest BCUT2D eigenvalue weighted by molar-refractivity contribution is 0.983. The Bertz CT molecular complexity index is 541. The molecule has 0 aliphatic carbocycles. The van der Waals surface area contributed by atoms with Crippen LogP contribution < -0.4 is 5.32 Å². The van der Waals surface area contributed by atoms with E-state index in [-0.39, 0.29) is 0 Å². The normalized spacial score (nSPS) is 9.88. The van der Waals surface area contributed by atoms with Gasteiger partial charge in [0.2, 0.25) is 0 Å². The maximum atomic E-state index is 8.88. The topological polar surface area (TPSA) is 61.6 Å². The van der Waals surface area contributed by atoms with Gasteiger partial charge in [0.15, 0.2) is 5.69 Å². The fraction of sp³-hybridized carbons (Fsp3) is 0.250. The van der Waals surface area contributed by atoms with Crippen molar-refractivity contribution < 1.29 is 0 Å². The summed E-state index contributed by atoms with van der Waals surface area (Å²) in [5.41, 5.74) is 2.27. The summed E-state index contributed by atoms with van der Waals surface area (Å²) in [7, 11) is 0. The Labute approximate surface area is 104 Å². The molecule has 17 heavy (non-hydrogen) atoms. The molecule has 0 radical (unpaired) electrons. The first kappa shape index (κ1) is 11.6. The zero-order valence-corrected chi connectivity index (χ0v) is 10.3. The first-order valence-corrected chi connectivity index (χ1v) is 6.17. The lowest BCUT2D eigenvalue weighted by atomic mass is 10.3. The molecule has 0 aliphatic heterocycles. The van der Waals surface area contributed by atoms with Crippen LogP contribution in [0.2, 0.25) is 0 Å². The standard InChI is InChI=1S/C12H12N4S/c1-9-8-17-12(16-9)4-6-15-10-3-2-5-14-11(10)7-13/h2-3,5,8,15H,4,6H2,1H3. The zero-order valence-electron chi connectivity index (χ0n) is 9.47. The van der Waals surface area contributed by atoms with Gasteiger partial charge in [-0.15, -0.1) is 11.3 Å². The number of rotatable bonds is 4. The summed E-state index contributed by atoms with van der Waals surface area (Å²) in [5.74, 6) is 0. The highest BCUT2D eigenvalue weighted by atomic mass is 32.1. The molecule has 0 bridgehead atoms. The van der Waals surface area contributed by atoms with Crippen molar-refractivity contribution in [2.45, 2.75) is 13.3 Å². The Kier molecular flexibility index (Phi) is 3.68. The van der Waals surface area contributed by atoms with Gasteiger partial charge in [-0.1, -0.05) is 0 Å². The summed E-state index contributed by atoms with van der Waals surface area (Å²) in [6, 6.07) is 5.74. The van der Waals surface area contributed by atoms with Gasteiger partial charge in [-0.3, -0.25) is 0 Å². The number of hydrogen-bond acceptors (Lipinski definition) is 5. The number of aromatic nitrogens is 2. The predicted octanol–water partition coefficient (Wildman–Crippen LogP) is 2.37. The average Bonchev–Trinajstić information content (AvgIpc) is 2.76. The van der Waals surface area contributed by atoms with E-state index in [0.717, 1.165) is 29.4 Å². The second-order valence-electron chi connectivity index (χ2n) is 3.57. The minimum atomic E-state index is 0.433. The van der Waals surface area contributed by atoms with Crippen LogP contribution >= 0.6 is 11.3 Å². The molecule has 86 valence electrons. The molecular formula is C12H12N4S. The molecule has 2 aromatic heterocycles. The summed E-state index contributed by atoms with van der Waals surface area (Å²) in [6.45, 7) is 2.75. The second-order valence-corrected chi connectivity index (χ2v) is 4.51. The Morgan fingerprint density at radius 1 is 1.53 bits per heavy atom. The van der Waals surface area contributed by atoms with Gasteiger partial charge in [0.25, 0.3) is 0 Å². The highest BCUT2D eigenvalue weighted by Gasteiger charge is 2.02. The number of nitrogens with one attached hydrogen (secondary N) is 1. The van der Waals surface area contributed by atoms with Gasteiger partial charge < -0.3 is 5.32 Å². The van der Waals surface area contributed by atoms with Crippen molar-refractivity contribution in [3.63, 3.8) is 0 Å². The molecule has 0 fully saturated rings. The quantitative estimate of drug-likeness (QED) is 0.897. The summed E-state index contributed by atoms with van der Waals surface area (Å²) in [4.78, 5) is 8.37. The van der Waals surface area contributed by atoms with E-state index in [2.05, 4.69) is 21.4 Å². The van der Waals surface area contributed by atoms with Crippen molar-refractivity contribution in [1.29, 1.82) is 5.26 Å². The van der Waals surface area contributed by atoms with E-state index >= 15 is 0 Å². The van der Waals surface area contributed by atoms with Gasteiger partial charge in [-0.2, -0.15) is 5.26 Å². The predicted molar refractivity (Wildman–Crippen MR) is 68.0 cm³/mol. The highest BCUT2D eigenvalue weighted by Crippen LogP contribution is 2.12. The van der Waals surface area contributed by atoms with Gasteiger partial charge in [-0.25, -0.2) is 9.97 Å². The molecule has 0 atom stereocenters. The molecule has 0 aliphatic rings. The van der Waals surface area contributed by atoms with E-state index in [9.17, 15) is 0 Å². The van der Waals surface area contributed by atoms with Crippen LogP contribution in [0.1, 0.15) is 16.4 Å². The van der Waals surface area contributed by atoms with Crippen molar-refractivity contribution in [2.24, 2.45) is 0 Å². The first-order valence-electron chi connectivity index (χ1n) is 5.29. The van der Waals surface area contributed by atoms with Gasteiger partial charge in [0.1, 0.15) is 6.07 Å². The smallest absolute Gasteiger partial charge is 0.163 e. The summed E-state index contributed by atoms with van der Waals surface area (Å²) in [6.07, 6.45) is 2.48. The Balaban J connectivity index is 1.92. The molecule has 0 saturated heterocycles. The number of nitriles is 1. The van der Waals surface area contributed by atoms with Gasteiger partial charge in [0, 0.05) is 30.2 Å². The van der Waals surface area contributed by atoms with Gasteiger partial charge >= 0.3 is 0 Å². The minimum absolute atomic E-state index is 0.433. The molecule has 0 aromatic carbocycles. The van der Waals surface area contributed by atoms with E-state index in [1.807, 2.05) is 24.4 Å². The van der Waals surface area contributed by atoms with Crippen LogP contribution in [-0.2, 0) is 6.42 Å². The molecule has 0 unspecified atom stereocenters. The number of pyridine rings is 1. The van der Waals surface area contributed by atoms with Crippen LogP contribution in [0.3, 0.4) is 0 Å². The van der Waals surface area contributed by atoms with E-state index in [1.165, 1.54) is 0 Å². The van der Waals surface area contributed by atoms with Crippen LogP contribution in [0.15, 0.2) is 23.7 Å². The van der Waals surface area contributed by atoms with Crippen LogP contribution in [-0.4, -0.2) is 16.5 Å². The Morgan fingerprint density at radius 2 is 2.41 bits per heavy atom. The second kappa shape index (κ2) is 5.41. The van der Waals surface area contributed by atoms with Crippen molar-refractivity contribution in [3.05, 3.63) is 40.1 Å². The minimum Gasteiger partial charge on any atom is -0.382 e. The molecule has 5 heteroatoms. The third-order valence-corrected chi connectivity index (χ3v) is 3.26. The SMILES string of the molecule is Cc1csc(CCNc2cccnc2C#N)n1. The van der Waals surface area contributed by atoms with E-state index in [4.69, 9.17) is 5.26 Å². The third-order valence-electron chi connectivity index (χ3n) is 2.23. The highest BCUT2D eigenvalue weighted by molar-refractivity contribution is 7.09. The van der Waals surface area contributed by atoms with Crippen molar-refractivity contribution in [3.8, 4) is 6.07 Å². The van der Waals surface area contributed by atoms with Crippen LogP contribution in [0.5, 0.6) is 0 Å². The maximum Gasteiger partial charge on any atom is 0.163 e. The molecule has 4 nitrogen and oxygen atoms in total. The molecule has 0 spiro atoms. The number of anilines is 1. The molecular weight excluding hydrogens is 232 g/mol. The molecule has 0 saturated carbocycles. The van der Waals surface area contributed by atoms with Crippen LogP contribution in [0, 0.1) is 18.3 Å². The molecule has 2 heterocycles.